The second kappa shape index (κ2) is 7.41. The number of halogens is 1. The standard InChI is InChI=1S/C22H22ClN5O2/c1-3-26-6-8-27(9-7-26)16-5-4-15-10-17(22(29)30-19(15)11-16)18-12-28-13-20(23)24-14(2)21(28)25-18/h4-5,10-13H,3,6-9H2,1-2H3. The Bertz CT molecular complexity index is 1300. The molecular formula is C22H22ClN5O2. The highest BCUT2D eigenvalue weighted by molar-refractivity contribution is 6.29. The number of aryl methyl sites for hydroxylation is 1. The van der Waals surface area contributed by atoms with Crippen LogP contribution in [0, 0.1) is 6.92 Å². The fraction of sp³-hybridized carbons (Fsp3) is 0.318. The first-order valence-electron chi connectivity index (χ1n) is 10.1. The SMILES string of the molecule is CCN1CCN(c2ccc3cc(-c4cn5cc(Cl)nc(C)c5n4)c(=O)oc3c2)CC1. The lowest BCUT2D eigenvalue weighted by molar-refractivity contribution is 0.271. The Kier molecular flexibility index (Phi) is 4.72. The number of hydrogen-bond acceptors (Lipinski definition) is 6. The second-order valence-electron chi connectivity index (χ2n) is 7.60. The van der Waals surface area contributed by atoms with Crippen LogP contribution in [0.15, 0.2) is 45.9 Å². The molecule has 4 aromatic rings. The minimum Gasteiger partial charge on any atom is -0.422 e. The van der Waals surface area contributed by atoms with Crippen molar-refractivity contribution >= 4 is 33.9 Å². The molecule has 154 valence electrons. The van der Waals surface area contributed by atoms with Crippen LogP contribution in [0.5, 0.6) is 0 Å². The van der Waals surface area contributed by atoms with Gasteiger partial charge in [-0.2, -0.15) is 0 Å². The molecule has 0 spiro atoms. The van der Waals surface area contributed by atoms with Gasteiger partial charge in [0.25, 0.3) is 0 Å². The molecule has 0 saturated carbocycles. The predicted molar refractivity (Wildman–Crippen MR) is 119 cm³/mol. The van der Waals surface area contributed by atoms with Crippen molar-refractivity contribution in [2.45, 2.75) is 13.8 Å². The summed E-state index contributed by atoms with van der Waals surface area (Å²) in [7, 11) is 0. The quantitative estimate of drug-likeness (QED) is 0.469. The second-order valence-corrected chi connectivity index (χ2v) is 7.98. The molecule has 0 radical (unpaired) electrons. The summed E-state index contributed by atoms with van der Waals surface area (Å²) in [6, 6.07) is 7.89. The van der Waals surface area contributed by atoms with E-state index in [4.69, 9.17) is 16.0 Å². The Hall–Kier alpha value is -2.90. The van der Waals surface area contributed by atoms with Gasteiger partial charge in [0, 0.05) is 55.7 Å². The first kappa shape index (κ1) is 19.1. The fourth-order valence-electron chi connectivity index (χ4n) is 4.04. The van der Waals surface area contributed by atoms with Crippen LogP contribution in [-0.4, -0.2) is 52.0 Å². The van der Waals surface area contributed by atoms with Crippen LogP contribution in [-0.2, 0) is 0 Å². The lowest BCUT2D eigenvalue weighted by atomic mass is 10.1. The summed E-state index contributed by atoms with van der Waals surface area (Å²) in [5.74, 6) is 0. The molecule has 0 atom stereocenters. The van der Waals surface area contributed by atoms with Crippen molar-refractivity contribution in [1.29, 1.82) is 0 Å². The van der Waals surface area contributed by atoms with E-state index in [0.29, 0.717) is 33.3 Å². The number of fused-ring (bicyclic) bond motifs is 2. The van der Waals surface area contributed by atoms with E-state index < -0.39 is 5.63 Å². The molecule has 0 aliphatic carbocycles. The van der Waals surface area contributed by atoms with Gasteiger partial charge in [0.05, 0.1) is 17.0 Å². The van der Waals surface area contributed by atoms with Crippen LogP contribution >= 0.6 is 11.6 Å². The van der Waals surface area contributed by atoms with Crippen molar-refractivity contribution in [2.75, 3.05) is 37.6 Å². The average Bonchev–Trinajstić information content (AvgIpc) is 3.17. The van der Waals surface area contributed by atoms with Gasteiger partial charge in [0.1, 0.15) is 10.7 Å². The van der Waals surface area contributed by atoms with Gasteiger partial charge in [-0.15, -0.1) is 0 Å². The Morgan fingerprint density at radius 2 is 1.90 bits per heavy atom. The maximum atomic E-state index is 12.8. The van der Waals surface area contributed by atoms with Crippen LogP contribution in [0.3, 0.4) is 0 Å². The molecule has 4 heterocycles. The average molecular weight is 424 g/mol. The summed E-state index contributed by atoms with van der Waals surface area (Å²) < 4.78 is 7.47. The zero-order valence-electron chi connectivity index (χ0n) is 16.9. The van der Waals surface area contributed by atoms with Crippen molar-refractivity contribution in [1.82, 2.24) is 19.3 Å². The Morgan fingerprint density at radius 1 is 1.10 bits per heavy atom. The highest BCUT2D eigenvalue weighted by atomic mass is 35.5. The summed E-state index contributed by atoms with van der Waals surface area (Å²) in [6.45, 7) is 9.13. The van der Waals surface area contributed by atoms with Crippen LogP contribution in [0.4, 0.5) is 5.69 Å². The minimum absolute atomic E-state index is 0.377. The summed E-state index contributed by atoms with van der Waals surface area (Å²) in [6.07, 6.45) is 3.45. The lowest BCUT2D eigenvalue weighted by Gasteiger charge is -2.35. The maximum absolute atomic E-state index is 12.8. The highest BCUT2D eigenvalue weighted by Gasteiger charge is 2.18. The van der Waals surface area contributed by atoms with E-state index in [9.17, 15) is 4.79 Å². The molecule has 1 saturated heterocycles. The van der Waals surface area contributed by atoms with E-state index in [0.717, 1.165) is 43.8 Å². The third-order valence-electron chi connectivity index (χ3n) is 5.76. The first-order valence-corrected chi connectivity index (χ1v) is 10.5. The van der Waals surface area contributed by atoms with Crippen molar-refractivity contribution < 1.29 is 4.42 Å². The molecule has 0 amide bonds. The van der Waals surface area contributed by atoms with Crippen molar-refractivity contribution in [3.8, 4) is 11.3 Å². The number of benzene rings is 1. The van der Waals surface area contributed by atoms with E-state index in [1.54, 1.807) is 16.8 Å². The van der Waals surface area contributed by atoms with E-state index >= 15 is 0 Å². The van der Waals surface area contributed by atoms with E-state index in [2.05, 4.69) is 32.8 Å². The lowest BCUT2D eigenvalue weighted by Crippen LogP contribution is -2.46. The molecule has 5 rings (SSSR count). The van der Waals surface area contributed by atoms with Gasteiger partial charge in [0.2, 0.25) is 0 Å². The molecule has 7 nitrogen and oxygen atoms in total. The molecule has 0 unspecified atom stereocenters. The van der Waals surface area contributed by atoms with Crippen LogP contribution < -0.4 is 10.5 Å². The zero-order chi connectivity index (χ0) is 20.8. The minimum atomic E-state index is -0.407. The largest absolute Gasteiger partial charge is 0.422 e. The number of hydrogen-bond donors (Lipinski definition) is 0. The van der Waals surface area contributed by atoms with Crippen molar-refractivity contribution in [3.05, 3.63) is 57.9 Å². The van der Waals surface area contributed by atoms with Crippen molar-refractivity contribution in [2.24, 2.45) is 0 Å². The molecule has 30 heavy (non-hydrogen) atoms. The fourth-order valence-corrected chi connectivity index (χ4v) is 4.27. The van der Waals surface area contributed by atoms with Gasteiger partial charge < -0.3 is 18.6 Å². The highest BCUT2D eigenvalue weighted by Crippen LogP contribution is 2.26. The van der Waals surface area contributed by atoms with Gasteiger partial charge in [-0.25, -0.2) is 14.8 Å². The molecule has 1 aromatic carbocycles. The number of aromatic nitrogens is 3. The molecule has 0 N–H and O–H groups in total. The van der Waals surface area contributed by atoms with Crippen LogP contribution in [0.2, 0.25) is 5.15 Å². The van der Waals surface area contributed by atoms with Gasteiger partial charge in [0.15, 0.2) is 5.65 Å². The molecule has 1 fully saturated rings. The third-order valence-corrected chi connectivity index (χ3v) is 5.94. The van der Waals surface area contributed by atoms with Crippen LogP contribution in [0.25, 0.3) is 27.9 Å². The number of piperazine rings is 1. The number of likely N-dealkylation sites (N-methyl/N-ethyl adjacent to an activating group) is 1. The monoisotopic (exact) mass is 423 g/mol. The normalized spacial score (nSPS) is 15.4. The summed E-state index contributed by atoms with van der Waals surface area (Å²) in [4.78, 5) is 26.3. The summed E-state index contributed by atoms with van der Waals surface area (Å²) in [5.41, 5.74) is 3.59. The summed E-state index contributed by atoms with van der Waals surface area (Å²) in [5, 5.41) is 1.24. The van der Waals surface area contributed by atoms with E-state index in [1.165, 1.54) is 0 Å². The maximum Gasteiger partial charge on any atom is 0.345 e. The predicted octanol–water partition coefficient (Wildman–Crippen LogP) is 3.61. The number of rotatable bonds is 3. The third kappa shape index (κ3) is 3.34. The number of anilines is 1. The van der Waals surface area contributed by atoms with Crippen molar-refractivity contribution in [3.63, 3.8) is 0 Å². The van der Waals surface area contributed by atoms with Gasteiger partial charge in [-0.3, -0.25) is 0 Å². The Morgan fingerprint density at radius 3 is 2.67 bits per heavy atom. The summed E-state index contributed by atoms with van der Waals surface area (Å²) >= 11 is 6.04. The molecular weight excluding hydrogens is 402 g/mol. The van der Waals surface area contributed by atoms with E-state index in [1.807, 2.05) is 25.1 Å². The van der Waals surface area contributed by atoms with Crippen LogP contribution in [0.1, 0.15) is 12.6 Å². The number of imidazole rings is 1. The zero-order valence-corrected chi connectivity index (χ0v) is 17.7. The van der Waals surface area contributed by atoms with Gasteiger partial charge >= 0.3 is 5.63 Å². The first-order chi connectivity index (χ1) is 14.5. The Balaban J connectivity index is 1.52. The van der Waals surface area contributed by atoms with Gasteiger partial charge in [-0.05, 0) is 31.7 Å². The van der Waals surface area contributed by atoms with E-state index in [-0.39, 0.29) is 0 Å². The smallest absolute Gasteiger partial charge is 0.345 e. The Labute approximate surface area is 178 Å². The molecule has 0 bridgehead atoms. The topological polar surface area (TPSA) is 66.9 Å². The number of nitrogens with zero attached hydrogens (tertiary/aromatic N) is 5. The molecule has 1 aliphatic rings. The van der Waals surface area contributed by atoms with Gasteiger partial charge in [-0.1, -0.05) is 18.5 Å². The molecule has 1 aliphatic heterocycles. The molecule has 3 aromatic heterocycles. The molecule has 8 heteroatoms.